The first-order chi connectivity index (χ1) is 15.2. The normalized spacial score (nSPS) is 18.0. The minimum atomic E-state index is -0.357. The summed E-state index contributed by atoms with van der Waals surface area (Å²) >= 11 is 0. The van der Waals surface area contributed by atoms with Gasteiger partial charge in [-0.3, -0.25) is 9.13 Å². The Morgan fingerprint density at radius 3 is 2.77 bits per heavy atom. The molecule has 160 valence electrons. The van der Waals surface area contributed by atoms with Crippen molar-refractivity contribution in [3.05, 3.63) is 40.8 Å². The standard InChI is InChI=1S/C21H22FN7O2/c22-12-4-5-15-16(10-12)28(11-23-15)20-26-18(24-13-2-1-3-13)17-19(27-20)29(21(30)25-17)14-6-8-31-9-7-14/h4-5,10-11,13-14H,1-3,6-9H2,(H,25,30)(H,24,26,27). The number of halogens is 1. The lowest BCUT2D eigenvalue weighted by Crippen LogP contribution is -2.28. The predicted molar refractivity (Wildman–Crippen MR) is 113 cm³/mol. The summed E-state index contributed by atoms with van der Waals surface area (Å²) in [6.45, 7) is 1.22. The van der Waals surface area contributed by atoms with Gasteiger partial charge in [-0.1, -0.05) is 0 Å². The number of ether oxygens (including phenoxy) is 1. The molecule has 9 nitrogen and oxygen atoms in total. The molecule has 1 aliphatic heterocycles. The van der Waals surface area contributed by atoms with Gasteiger partial charge in [0.05, 0.1) is 11.0 Å². The highest BCUT2D eigenvalue weighted by molar-refractivity contribution is 5.85. The topological polar surface area (TPSA) is 103 Å². The predicted octanol–water partition coefficient (Wildman–Crippen LogP) is 2.91. The van der Waals surface area contributed by atoms with Crippen molar-refractivity contribution in [2.24, 2.45) is 0 Å². The van der Waals surface area contributed by atoms with Gasteiger partial charge in [0, 0.05) is 31.4 Å². The maximum Gasteiger partial charge on any atom is 0.328 e. The van der Waals surface area contributed by atoms with Gasteiger partial charge in [-0.15, -0.1) is 0 Å². The SMILES string of the molecule is O=c1[nH]c2c(NC3CCC3)nc(-n3cnc4ccc(F)cc43)nc2n1C1CCOCC1. The Morgan fingerprint density at radius 1 is 1.16 bits per heavy atom. The molecule has 31 heavy (non-hydrogen) atoms. The zero-order chi connectivity index (χ0) is 20.9. The number of hydrogen-bond donors (Lipinski definition) is 2. The van der Waals surface area contributed by atoms with E-state index in [1.54, 1.807) is 21.5 Å². The summed E-state index contributed by atoms with van der Waals surface area (Å²) in [7, 11) is 0. The molecule has 2 N–H and O–H groups in total. The van der Waals surface area contributed by atoms with Gasteiger partial charge in [-0.05, 0) is 44.2 Å². The van der Waals surface area contributed by atoms with E-state index in [2.05, 4.69) is 15.3 Å². The second kappa shape index (κ2) is 7.16. The van der Waals surface area contributed by atoms with Crippen molar-refractivity contribution in [3.8, 4) is 5.95 Å². The van der Waals surface area contributed by atoms with Crippen LogP contribution in [0, 0.1) is 5.82 Å². The van der Waals surface area contributed by atoms with E-state index in [1.807, 2.05) is 0 Å². The van der Waals surface area contributed by atoms with Gasteiger partial charge in [0.25, 0.3) is 0 Å². The molecule has 2 aliphatic rings. The third-order valence-electron chi connectivity index (χ3n) is 6.28. The minimum Gasteiger partial charge on any atom is -0.381 e. The number of rotatable bonds is 4. The monoisotopic (exact) mass is 423 g/mol. The van der Waals surface area contributed by atoms with E-state index in [0.717, 1.165) is 25.7 Å². The van der Waals surface area contributed by atoms with Crippen molar-refractivity contribution in [2.75, 3.05) is 18.5 Å². The van der Waals surface area contributed by atoms with Crippen molar-refractivity contribution < 1.29 is 9.13 Å². The van der Waals surface area contributed by atoms with Gasteiger partial charge in [-0.25, -0.2) is 14.2 Å². The number of H-pyrrole nitrogens is 1. The van der Waals surface area contributed by atoms with Crippen LogP contribution < -0.4 is 11.0 Å². The number of benzene rings is 1. The van der Waals surface area contributed by atoms with E-state index in [0.29, 0.717) is 53.2 Å². The van der Waals surface area contributed by atoms with E-state index in [4.69, 9.17) is 14.7 Å². The van der Waals surface area contributed by atoms with Crippen molar-refractivity contribution in [1.82, 2.24) is 29.1 Å². The van der Waals surface area contributed by atoms with Gasteiger partial charge in [-0.2, -0.15) is 9.97 Å². The average Bonchev–Trinajstić information content (AvgIpc) is 3.31. The summed E-state index contributed by atoms with van der Waals surface area (Å²) in [4.78, 5) is 29.7. The zero-order valence-electron chi connectivity index (χ0n) is 16.8. The number of nitrogens with zero attached hydrogens (tertiary/aromatic N) is 5. The lowest BCUT2D eigenvalue weighted by molar-refractivity contribution is 0.0697. The van der Waals surface area contributed by atoms with Crippen LogP contribution in [0.15, 0.2) is 29.3 Å². The van der Waals surface area contributed by atoms with Crippen LogP contribution in [0.5, 0.6) is 0 Å². The maximum absolute atomic E-state index is 13.9. The van der Waals surface area contributed by atoms with Crippen molar-refractivity contribution >= 4 is 28.0 Å². The van der Waals surface area contributed by atoms with Gasteiger partial charge < -0.3 is 15.0 Å². The van der Waals surface area contributed by atoms with Crippen LogP contribution >= 0.6 is 0 Å². The molecule has 1 saturated heterocycles. The van der Waals surface area contributed by atoms with Gasteiger partial charge >= 0.3 is 5.69 Å². The van der Waals surface area contributed by atoms with Crippen LogP contribution in [0.3, 0.4) is 0 Å². The van der Waals surface area contributed by atoms with Crippen LogP contribution in [-0.2, 0) is 4.74 Å². The van der Waals surface area contributed by atoms with Crippen LogP contribution in [0.2, 0.25) is 0 Å². The van der Waals surface area contributed by atoms with Crippen molar-refractivity contribution in [1.29, 1.82) is 0 Å². The number of nitrogens with one attached hydrogen (secondary N) is 2. The summed E-state index contributed by atoms with van der Waals surface area (Å²) < 4.78 is 22.8. The molecule has 1 saturated carbocycles. The molecule has 4 aromatic rings. The molecule has 0 unspecified atom stereocenters. The molecule has 4 heterocycles. The Hall–Kier alpha value is -3.27. The quantitative estimate of drug-likeness (QED) is 0.523. The number of aromatic nitrogens is 6. The van der Waals surface area contributed by atoms with Crippen LogP contribution in [0.4, 0.5) is 10.2 Å². The number of fused-ring (bicyclic) bond motifs is 2. The zero-order valence-corrected chi connectivity index (χ0v) is 16.8. The molecule has 0 atom stereocenters. The van der Waals surface area contributed by atoms with Crippen LogP contribution in [-0.4, -0.2) is 48.3 Å². The van der Waals surface area contributed by atoms with E-state index < -0.39 is 0 Å². The summed E-state index contributed by atoms with van der Waals surface area (Å²) in [6.07, 6.45) is 6.37. The molecule has 0 bridgehead atoms. The van der Waals surface area contributed by atoms with E-state index >= 15 is 0 Å². The molecular formula is C21H22FN7O2. The lowest BCUT2D eigenvalue weighted by atomic mass is 9.93. The third-order valence-corrected chi connectivity index (χ3v) is 6.28. The second-order valence-electron chi connectivity index (χ2n) is 8.23. The summed E-state index contributed by atoms with van der Waals surface area (Å²) in [5, 5.41) is 3.46. The fourth-order valence-electron chi connectivity index (χ4n) is 4.37. The van der Waals surface area contributed by atoms with Gasteiger partial charge in [0.2, 0.25) is 5.95 Å². The molecular weight excluding hydrogens is 401 g/mol. The van der Waals surface area contributed by atoms with E-state index in [1.165, 1.54) is 18.6 Å². The largest absolute Gasteiger partial charge is 0.381 e. The first-order valence-electron chi connectivity index (χ1n) is 10.7. The molecule has 0 radical (unpaired) electrons. The Labute approximate surface area is 176 Å². The van der Waals surface area contributed by atoms with E-state index in [9.17, 15) is 9.18 Å². The smallest absolute Gasteiger partial charge is 0.328 e. The number of imidazole rings is 2. The van der Waals surface area contributed by atoms with Crippen LogP contribution in [0.25, 0.3) is 28.1 Å². The Bertz CT molecular complexity index is 1330. The number of anilines is 1. The summed E-state index contributed by atoms with van der Waals surface area (Å²) in [5.74, 6) is 0.581. The molecule has 1 aromatic carbocycles. The number of hydrogen-bond acceptors (Lipinski definition) is 6. The maximum atomic E-state index is 13.9. The summed E-state index contributed by atoms with van der Waals surface area (Å²) in [6, 6.07) is 4.74. The molecule has 6 rings (SSSR count). The van der Waals surface area contributed by atoms with Crippen LogP contribution in [0.1, 0.15) is 38.1 Å². The molecule has 1 aliphatic carbocycles. The van der Waals surface area contributed by atoms with Gasteiger partial charge in [0.1, 0.15) is 17.7 Å². The molecule has 10 heteroatoms. The first kappa shape index (κ1) is 18.5. The average molecular weight is 423 g/mol. The second-order valence-corrected chi connectivity index (χ2v) is 8.23. The highest BCUT2D eigenvalue weighted by Gasteiger charge is 2.26. The third kappa shape index (κ3) is 3.09. The first-order valence-corrected chi connectivity index (χ1v) is 10.7. The lowest BCUT2D eigenvalue weighted by Gasteiger charge is -2.27. The minimum absolute atomic E-state index is 0.00581. The highest BCUT2D eigenvalue weighted by Crippen LogP contribution is 2.29. The van der Waals surface area contributed by atoms with Crippen molar-refractivity contribution in [2.45, 2.75) is 44.2 Å². The molecule has 0 amide bonds. The Balaban J connectivity index is 1.57. The van der Waals surface area contributed by atoms with Gasteiger partial charge in [0.15, 0.2) is 11.5 Å². The Morgan fingerprint density at radius 2 is 2.00 bits per heavy atom. The summed E-state index contributed by atoms with van der Waals surface area (Å²) in [5.41, 5.74) is 2.16. The Kier molecular flexibility index (Phi) is 4.27. The molecule has 2 fully saturated rings. The fourth-order valence-corrected chi connectivity index (χ4v) is 4.37. The van der Waals surface area contributed by atoms with E-state index in [-0.39, 0.29) is 17.5 Å². The number of aromatic amines is 1. The highest BCUT2D eigenvalue weighted by atomic mass is 19.1. The molecule has 3 aromatic heterocycles. The molecule has 0 spiro atoms. The van der Waals surface area contributed by atoms with Crippen molar-refractivity contribution in [3.63, 3.8) is 0 Å². The fraction of sp³-hybridized carbons (Fsp3) is 0.429.